The molecule has 1 saturated heterocycles. The van der Waals surface area contributed by atoms with E-state index in [4.69, 9.17) is 10.5 Å². The third-order valence-corrected chi connectivity index (χ3v) is 3.55. The van der Waals surface area contributed by atoms with Crippen LogP contribution in [0.5, 0.6) is 5.75 Å². The van der Waals surface area contributed by atoms with E-state index in [-0.39, 0.29) is 0 Å². The molecule has 94 valence electrons. The molecule has 1 unspecified atom stereocenters. The quantitative estimate of drug-likeness (QED) is 0.868. The van der Waals surface area contributed by atoms with Crippen LogP contribution in [0, 0.1) is 0 Å². The average Bonchev–Trinajstić information content (AvgIpc) is 2.41. The SMILES string of the molecule is COc1ccccc1C(CN)N1CCCCC1. The molecule has 0 bridgehead atoms. The lowest BCUT2D eigenvalue weighted by Crippen LogP contribution is -2.37. The van der Waals surface area contributed by atoms with Crippen molar-refractivity contribution in [1.29, 1.82) is 0 Å². The molecule has 1 aliphatic rings. The van der Waals surface area contributed by atoms with Gasteiger partial charge in [-0.1, -0.05) is 24.6 Å². The highest BCUT2D eigenvalue weighted by molar-refractivity contribution is 5.36. The van der Waals surface area contributed by atoms with Gasteiger partial charge in [0, 0.05) is 12.1 Å². The Morgan fingerprint density at radius 3 is 2.59 bits per heavy atom. The molecule has 0 amide bonds. The lowest BCUT2D eigenvalue weighted by molar-refractivity contribution is 0.165. The van der Waals surface area contributed by atoms with E-state index in [1.165, 1.54) is 24.8 Å². The summed E-state index contributed by atoms with van der Waals surface area (Å²) in [5, 5.41) is 0. The second-order valence-corrected chi connectivity index (χ2v) is 4.59. The highest BCUT2D eigenvalue weighted by Crippen LogP contribution is 2.30. The van der Waals surface area contributed by atoms with Gasteiger partial charge in [0.15, 0.2) is 0 Å². The molecule has 2 N–H and O–H groups in total. The molecule has 1 fully saturated rings. The Labute approximate surface area is 104 Å². The highest BCUT2D eigenvalue weighted by Gasteiger charge is 2.23. The summed E-state index contributed by atoms with van der Waals surface area (Å²) in [5.74, 6) is 0.952. The molecule has 2 rings (SSSR count). The van der Waals surface area contributed by atoms with Crippen LogP contribution in [0.15, 0.2) is 24.3 Å². The third kappa shape index (κ3) is 2.79. The van der Waals surface area contributed by atoms with E-state index >= 15 is 0 Å². The number of hydrogen-bond acceptors (Lipinski definition) is 3. The second kappa shape index (κ2) is 6.03. The summed E-state index contributed by atoms with van der Waals surface area (Å²) < 4.78 is 5.44. The zero-order chi connectivity index (χ0) is 12.1. The van der Waals surface area contributed by atoms with Crippen molar-refractivity contribution in [3.05, 3.63) is 29.8 Å². The Morgan fingerprint density at radius 1 is 1.24 bits per heavy atom. The predicted octanol–water partition coefficient (Wildman–Crippen LogP) is 2.18. The van der Waals surface area contributed by atoms with Gasteiger partial charge in [0.05, 0.1) is 13.2 Å². The van der Waals surface area contributed by atoms with Gasteiger partial charge in [0.1, 0.15) is 5.75 Å². The molecule has 1 heterocycles. The molecule has 0 radical (unpaired) electrons. The van der Waals surface area contributed by atoms with Crippen molar-refractivity contribution in [1.82, 2.24) is 4.90 Å². The molecule has 1 aliphatic heterocycles. The van der Waals surface area contributed by atoms with Crippen molar-refractivity contribution >= 4 is 0 Å². The highest BCUT2D eigenvalue weighted by atomic mass is 16.5. The molecule has 0 aromatic heterocycles. The van der Waals surface area contributed by atoms with Crippen LogP contribution in [0.4, 0.5) is 0 Å². The first kappa shape index (κ1) is 12.4. The topological polar surface area (TPSA) is 38.5 Å². The van der Waals surface area contributed by atoms with Crippen LogP contribution in [0.2, 0.25) is 0 Å². The minimum atomic E-state index is 0.298. The maximum Gasteiger partial charge on any atom is 0.123 e. The van der Waals surface area contributed by atoms with Crippen LogP contribution in [0.3, 0.4) is 0 Å². The van der Waals surface area contributed by atoms with Crippen molar-refractivity contribution < 1.29 is 4.74 Å². The standard InChI is InChI=1S/C14H22N2O/c1-17-14-8-4-3-7-12(14)13(11-15)16-9-5-2-6-10-16/h3-4,7-8,13H,2,5-6,9-11,15H2,1H3. The average molecular weight is 234 g/mol. The Hall–Kier alpha value is -1.06. The number of para-hydroxylation sites is 1. The summed E-state index contributed by atoms with van der Waals surface area (Å²) in [5.41, 5.74) is 7.18. The Balaban J connectivity index is 2.21. The van der Waals surface area contributed by atoms with Crippen LogP contribution in [-0.4, -0.2) is 31.6 Å². The number of likely N-dealkylation sites (tertiary alicyclic amines) is 1. The molecule has 0 spiro atoms. The van der Waals surface area contributed by atoms with Gasteiger partial charge in [0.25, 0.3) is 0 Å². The van der Waals surface area contributed by atoms with Gasteiger partial charge in [-0.2, -0.15) is 0 Å². The van der Waals surface area contributed by atoms with Crippen LogP contribution in [-0.2, 0) is 0 Å². The van der Waals surface area contributed by atoms with Gasteiger partial charge >= 0.3 is 0 Å². The van der Waals surface area contributed by atoms with Crippen molar-refractivity contribution in [2.75, 3.05) is 26.7 Å². The maximum atomic E-state index is 5.96. The molecule has 3 nitrogen and oxygen atoms in total. The summed E-state index contributed by atoms with van der Waals surface area (Å²) in [6.45, 7) is 2.96. The normalized spacial score (nSPS) is 18.9. The number of nitrogens with zero attached hydrogens (tertiary/aromatic N) is 1. The number of rotatable bonds is 4. The third-order valence-electron chi connectivity index (χ3n) is 3.55. The van der Waals surface area contributed by atoms with E-state index in [0.29, 0.717) is 12.6 Å². The zero-order valence-corrected chi connectivity index (χ0v) is 10.6. The fraction of sp³-hybridized carbons (Fsp3) is 0.571. The van der Waals surface area contributed by atoms with Crippen molar-refractivity contribution in [2.45, 2.75) is 25.3 Å². The summed E-state index contributed by atoms with van der Waals surface area (Å²) in [6.07, 6.45) is 3.91. The molecule has 17 heavy (non-hydrogen) atoms. The summed E-state index contributed by atoms with van der Waals surface area (Å²) in [6, 6.07) is 8.51. The zero-order valence-electron chi connectivity index (χ0n) is 10.6. The van der Waals surface area contributed by atoms with E-state index in [0.717, 1.165) is 18.8 Å². The fourth-order valence-electron chi connectivity index (χ4n) is 2.64. The molecular formula is C14H22N2O. The number of nitrogens with two attached hydrogens (primary N) is 1. The van der Waals surface area contributed by atoms with Gasteiger partial charge in [-0.3, -0.25) is 4.90 Å². The number of methoxy groups -OCH3 is 1. The number of hydrogen-bond donors (Lipinski definition) is 1. The Morgan fingerprint density at radius 2 is 1.94 bits per heavy atom. The van der Waals surface area contributed by atoms with E-state index < -0.39 is 0 Å². The van der Waals surface area contributed by atoms with Crippen LogP contribution >= 0.6 is 0 Å². The first-order valence-electron chi connectivity index (χ1n) is 6.44. The molecule has 1 aromatic rings. The number of ether oxygens (including phenoxy) is 1. The van der Waals surface area contributed by atoms with Gasteiger partial charge in [-0.15, -0.1) is 0 Å². The van der Waals surface area contributed by atoms with Crippen molar-refractivity contribution in [3.8, 4) is 5.75 Å². The van der Waals surface area contributed by atoms with E-state index in [1.807, 2.05) is 12.1 Å². The molecule has 1 aromatic carbocycles. The molecule has 3 heteroatoms. The molecule has 0 saturated carbocycles. The van der Waals surface area contributed by atoms with E-state index in [2.05, 4.69) is 17.0 Å². The van der Waals surface area contributed by atoms with E-state index in [1.54, 1.807) is 7.11 Å². The molecule has 1 atom stereocenters. The molecular weight excluding hydrogens is 212 g/mol. The summed E-state index contributed by atoms with van der Waals surface area (Å²) in [7, 11) is 1.72. The second-order valence-electron chi connectivity index (χ2n) is 4.59. The lowest BCUT2D eigenvalue weighted by atomic mass is 10.0. The first-order chi connectivity index (χ1) is 8.36. The first-order valence-corrected chi connectivity index (χ1v) is 6.44. The van der Waals surface area contributed by atoms with Crippen LogP contribution in [0.1, 0.15) is 30.9 Å². The molecule has 0 aliphatic carbocycles. The van der Waals surface area contributed by atoms with Gasteiger partial charge in [-0.05, 0) is 32.0 Å². The smallest absolute Gasteiger partial charge is 0.123 e. The predicted molar refractivity (Wildman–Crippen MR) is 70.2 cm³/mol. The van der Waals surface area contributed by atoms with Gasteiger partial charge in [0.2, 0.25) is 0 Å². The van der Waals surface area contributed by atoms with E-state index in [9.17, 15) is 0 Å². The largest absolute Gasteiger partial charge is 0.496 e. The van der Waals surface area contributed by atoms with Crippen LogP contribution < -0.4 is 10.5 Å². The fourth-order valence-corrected chi connectivity index (χ4v) is 2.64. The minimum absolute atomic E-state index is 0.298. The monoisotopic (exact) mass is 234 g/mol. The van der Waals surface area contributed by atoms with Crippen molar-refractivity contribution in [3.63, 3.8) is 0 Å². The van der Waals surface area contributed by atoms with Gasteiger partial charge < -0.3 is 10.5 Å². The lowest BCUT2D eigenvalue weighted by Gasteiger charge is -2.34. The maximum absolute atomic E-state index is 5.96. The minimum Gasteiger partial charge on any atom is -0.496 e. The Bertz CT molecular complexity index is 348. The number of piperidine rings is 1. The van der Waals surface area contributed by atoms with Crippen LogP contribution in [0.25, 0.3) is 0 Å². The summed E-state index contributed by atoms with van der Waals surface area (Å²) >= 11 is 0. The number of benzene rings is 1. The van der Waals surface area contributed by atoms with Crippen molar-refractivity contribution in [2.24, 2.45) is 5.73 Å². The Kier molecular flexibility index (Phi) is 4.40. The van der Waals surface area contributed by atoms with Gasteiger partial charge in [-0.25, -0.2) is 0 Å². The summed E-state index contributed by atoms with van der Waals surface area (Å²) in [4.78, 5) is 2.49.